The summed E-state index contributed by atoms with van der Waals surface area (Å²) in [5.74, 6) is 0. The number of hydrogen-bond acceptors (Lipinski definition) is 4. The first-order chi connectivity index (χ1) is 12.9. The van der Waals surface area contributed by atoms with Gasteiger partial charge in [0, 0.05) is 0 Å². The Labute approximate surface area is 158 Å². The molecule has 1 unspecified atom stereocenters. The molecule has 0 fully saturated rings. The lowest BCUT2D eigenvalue weighted by Crippen LogP contribution is -2.39. The van der Waals surface area contributed by atoms with Crippen LogP contribution in [0.4, 0.5) is 0 Å². The van der Waals surface area contributed by atoms with Crippen LogP contribution in [0.5, 0.6) is 0 Å². The van der Waals surface area contributed by atoms with Gasteiger partial charge in [-0.25, -0.2) is 16.8 Å². The zero-order chi connectivity index (χ0) is 19.1. The summed E-state index contributed by atoms with van der Waals surface area (Å²) < 4.78 is 52.7. The fourth-order valence-corrected chi connectivity index (χ4v) is 6.51. The highest BCUT2D eigenvalue weighted by molar-refractivity contribution is 8.05. The zero-order valence-electron chi connectivity index (χ0n) is 14.2. The van der Waals surface area contributed by atoms with Crippen molar-refractivity contribution in [2.45, 2.75) is 16.6 Å². The van der Waals surface area contributed by atoms with E-state index in [1.165, 1.54) is 18.2 Å². The molecule has 0 heterocycles. The Bertz CT molecular complexity index is 1260. The SMILES string of the molecule is O=S(=O)(NS(=O)(=O)C1C=Cc2ccccc2C1)c1ccc2ccccc2c1. The third-order valence-electron chi connectivity index (χ3n) is 4.62. The van der Waals surface area contributed by atoms with Crippen LogP contribution in [0.2, 0.25) is 0 Å². The van der Waals surface area contributed by atoms with Crippen LogP contribution in [0.1, 0.15) is 11.1 Å². The van der Waals surface area contributed by atoms with Gasteiger partial charge in [-0.2, -0.15) is 0 Å². The lowest BCUT2D eigenvalue weighted by Gasteiger charge is -2.20. The second-order valence-electron chi connectivity index (χ2n) is 6.44. The molecule has 1 N–H and O–H groups in total. The third-order valence-corrected chi connectivity index (χ3v) is 8.42. The molecule has 3 aromatic rings. The smallest absolute Gasteiger partial charge is 0.211 e. The molecule has 0 amide bonds. The molecule has 27 heavy (non-hydrogen) atoms. The molecule has 0 saturated heterocycles. The largest absolute Gasteiger partial charge is 0.253 e. The first-order valence-electron chi connectivity index (χ1n) is 8.37. The van der Waals surface area contributed by atoms with E-state index in [9.17, 15) is 16.8 Å². The standard InChI is InChI=1S/C20H17NO4S2/c22-26(23,19-11-9-15-5-1-3-7-17(15)13-19)21-27(24,25)20-12-10-16-6-2-4-8-18(16)14-20/h1-13,20-21H,14H2. The van der Waals surface area contributed by atoms with Gasteiger partial charge in [0.15, 0.2) is 0 Å². The van der Waals surface area contributed by atoms with Crippen LogP contribution in [0.3, 0.4) is 0 Å². The number of hydrogen-bond donors (Lipinski definition) is 1. The third kappa shape index (κ3) is 3.53. The van der Waals surface area contributed by atoms with Crippen molar-refractivity contribution in [1.82, 2.24) is 4.13 Å². The molecule has 0 aliphatic heterocycles. The number of nitrogens with one attached hydrogen (secondary N) is 1. The Kier molecular flexibility index (Phi) is 4.38. The summed E-state index contributed by atoms with van der Waals surface area (Å²) in [6.07, 6.45) is 3.47. The zero-order valence-corrected chi connectivity index (χ0v) is 15.9. The van der Waals surface area contributed by atoms with E-state index < -0.39 is 25.3 Å². The summed E-state index contributed by atoms with van der Waals surface area (Å²) in [6, 6.07) is 19.3. The van der Waals surface area contributed by atoms with Crippen LogP contribution in [-0.2, 0) is 26.5 Å². The summed E-state index contributed by atoms with van der Waals surface area (Å²) in [6.45, 7) is 0. The second-order valence-corrected chi connectivity index (χ2v) is 10.3. The first-order valence-corrected chi connectivity index (χ1v) is 11.4. The van der Waals surface area contributed by atoms with E-state index in [-0.39, 0.29) is 11.3 Å². The van der Waals surface area contributed by atoms with Crippen molar-refractivity contribution in [3.8, 4) is 0 Å². The van der Waals surface area contributed by atoms with Crippen molar-refractivity contribution >= 4 is 36.9 Å². The molecule has 138 valence electrons. The minimum atomic E-state index is -4.21. The van der Waals surface area contributed by atoms with Crippen molar-refractivity contribution < 1.29 is 16.8 Å². The normalized spacial score (nSPS) is 17.0. The molecule has 0 bridgehead atoms. The Morgan fingerprint density at radius 2 is 1.52 bits per heavy atom. The summed E-state index contributed by atoms with van der Waals surface area (Å²) in [4.78, 5) is -0.0787. The van der Waals surface area contributed by atoms with Crippen molar-refractivity contribution in [3.63, 3.8) is 0 Å². The average molecular weight is 399 g/mol. The van der Waals surface area contributed by atoms with Crippen LogP contribution in [0.15, 0.2) is 77.7 Å². The number of rotatable bonds is 4. The summed E-state index contributed by atoms with van der Waals surface area (Å²) in [5, 5.41) is 0.665. The molecule has 1 atom stereocenters. The summed E-state index contributed by atoms with van der Waals surface area (Å²) >= 11 is 0. The van der Waals surface area contributed by atoms with Crippen LogP contribution >= 0.6 is 0 Å². The molecule has 0 spiro atoms. The fraction of sp³-hybridized carbons (Fsp3) is 0.100. The van der Waals surface area contributed by atoms with Gasteiger partial charge in [0.25, 0.3) is 10.0 Å². The average Bonchev–Trinajstić information content (AvgIpc) is 2.66. The maximum absolute atomic E-state index is 12.7. The Balaban J connectivity index is 1.63. The number of fused-ring (bicyclic) bond motifs is 2. The number of sulfonamides is 2. The van der Waals surface area contributed by atoms with Crippen LogP contribution < -0.4 is 4.13 Å². The summed E-state index contributed by atoms with van der Waals surface area (Å²) in [5.41, 5.74) is 1.82. The highest BCUT2D eigenvalue weighted by Gasteiger charge is 2.31. The molecule has 3 aromatic carbocycles. The van der Waals surface area contributed by atoms with Gasteiger partial charge >= 0.3 is 0 Å². The van der Waals surface area contributed by atoms with Crippen LogP contribution in [-0.4, -0.2) is 22.1 Å². The maximum atomic E-state index is 12.7. The molecular formula is C20H17NO4S2. The first kappa shape index (κ1) is 17.9. The van der Waals surface area contributed by atoms with E-state index in [1.807, 2.05) is 40.5 Å². The van der Waals surface area contributed by atoms with E-state index in [4.69, 9.17) is 0 Å². The number of benzene rings is 3. The lowest BCUT2D eigenvalue weighted by atomic mass is 9.97. The van der Waals surface area contributed by atoms with Gasteiger partial charge in [-0.05, 0) is 40.5 Å². The van der Waals surface area contributed by atoms with Crippen LogP contribution in [0.25, 0.3) is 16.8 Å². The van der Waals surface area contributed by atoms with E-state index in [1.54, 1.807) is 24.3 Å². The van der Waals surface area contributed by atoms with Crippen molar-refractivity contribution in [2.24, 2.45) is 0 Å². The van der Waals surface area contributed by atoms with Gasteiger partial charge in [0.1, 0.15) is 0 Å². The predicted molar refractivity (Wildman–Crippen MR) is 106 cm³/mol. The Morgan fingerprint density at radius 3 is 2.33 bits per heavy atom. The van der Waals surface area contributed by atoms with Crippen LogP contribution in [0, 0.1) is 0 Å². The van der Waals surface area contributed by atoms with Gasteiger partial charge in [0.2, 0.25) is 10.0 Å². The lowest BCUT2D eigenvalue weighted by molar-refractivity contribution is 0.571. The predicted octanol–water partition coefficient (Wildman–Crippen LogP) is 3.09. The quantitative estimate of drug-likeness (QED) is 0.731. The minimum Gasteiger partial charge on any atom is -0.211 e. The van der Waals surface area contributed by atoms with E-state index in [0.717, 1.165) is 21.9 Å². The topological polar surface area (TPSA) is 80.3 Å². The minimum absolute atomic E-state index is 0.0787. The molecule has 1 aliphatic rings. The van der Waals surface area contributed by atoms with E-state index in [0.29, 0.717) is 0 Å². The monoisotopic (exact) mass is 399 g/mol. The van der Waals surface area contributed by atoms with Crippen molar-refractivity contribution in [1.29, 1.82) is 0 Å². The van der Waals surface area contributed by atoms with E-state index in [2.05, 4.69) is 0 Å². The highest BCUT2D eigenvalue weighted by atomic mass is 32.3. The molecule has 4 rings (SSSR count). The molecule has 5 nitrogen and oxygen atoms in total. The van der Waals surface area contributed by atoms with Gasteiger partial charge in [0.05, 0.1) is 10.1 Å². The van der Waals surface area contributed by atoms with E-state index >= 15 is 0 Å². The fourth-order valence-electron chi connectivity index (χ4n) is 3.19. The molecule has 0 radical (unpaired) electrons. The molecular weight excluding hydrogens is 382 g/mol. The molecule has 0 aromatic heterocycles. The van der Waals surface area contributed by atoms with Gasteiger partial charge < -0.3 is 0 Å². The Hall–Kier alpha value is -2.48. The van der Waals surface area contributed by atoms with Gasteiger partial charge in [-0.3, -0.25) is 0 Å². The maximum Gasteiger partial charge on any atom is 0.253 e. The van der Waals surface area contributed by atoms with Gasteiger partial charge in [-0.1, -0.05) is 66.7 Å². The highest BCUT2D eigenvalue weighted by Crippen LogP contribution is 2.24. The second kappa shape index (κ2) is 6.60. The van der Waals surface area contributed by atoms with Crippen molar-refractivity contribution in [3.05, 3.63) is 83.9 Å². The Morgan fingerprint density at radius 1 is 0.815 bits per heavy atom. The molecule has 0 saturated carbocycles. The summed E-state index contributed by atoms with van der Waals surface area (Å²) in [7, 11) is -8.32. The molecule has 1 aliphatic carbocycles. The molecule has 7 heteroatoms. The van der Waals surface area contributed by atoms with Gasteiger partial charge in [-0.15, -0.1) is 4.13 Å². The van der Waals surface area contributed by atoms with Crippen molar-refractivity contribution in [2.75, 3.05) is 0 Å².